The minimum atomic E-state index is 0.381. The SMILES string of the molecule is CNc1cc(C)nc(Nc2cnc(OC)c(N=C[n+]3ccncc3N)c2)n1. The summed E-state index contributed by atoms with van der Waals surface area (Å²) in [4.78, 5) is 21.4. The fourth-order valence-corrected chi connectivity index (χ4v) is 2.25. The minimum absolute atomic E-state index is 0.381. The van der Waals surface area contributed by atoms with E-state index in [9.17, 15) is 0 Å². The Morgan fingerprint density at radius 1 is 1.26 bits per heavy atom. The van der Waals surface area contributed by atoms with Gasteiger partial charge in [-0.05, 0) is 6.92 Å². The Morgan fingerprint density at radius 3 is 2.85 bits per heavy atom. The van der Waals surface area contributed by atoms with Crippen molar-refractivity contribution in [1.82, 2.24) is 19.9 Å². The van der Waals surface area contributed by atoms with E-state index in [1.54, 1.807) is 42.6 Å². The van der Waals surface area contributed by atoms with Crippen molar-refractivity contribution >= 4 is 35.3 Å². The molecular weight excluding hydrogens is 346 g/mol. The Labute approximate surface area is 156 Å². The van der Waals surface area contributed by atoms with Gasteiger partial charge in [0, 0.05) is 24.9 Å². The normalized spacial score (nSPS) is 10.8. The van der Waals surface area contributed by atoms with Crippen molar-refractivity contribution in [3.05, 3.63) is 42.6 Å². The summed E-state index contributed by atoms with van der Waals surface area (Å²) in [5, 5.41) is 6.12. The summed E-state index contributed by atoms with van der Waals surface area (Å²) in [6, 6.07) is 3.63. The highest BCUT2D eigenvalue weighted by molar-refractivity contribution is 5.66. The highest BCUT2D eigenvalue weighted by Crippen LogP contribution is 2.28. The smallest absolute Gasteiger partial charge is 0.257 e. The number of hydrogen-bond donors (Lipinski definition) is 3. The van der Waals surface area contributed by atoms with Gasteiger partial charge >= 0.3 is 0 Å². The summed E-state index contributed by atoms with van der Waals surface area (Å²) in [6.07, 6.45) is 8.03. The van der Waals surface area contributed by atoms with Crippen LogP contribution in [0.2, 0.25) is 0 Å². The van der Waals surface area contributed by atoms with Gasteiger partial charge in [-0.25, -0.2) is 14.5 Å². The van der Waals surface area contributed by atoms with E-state index in [-0.39, 0.29) is 0 Å². The number of nitrogens with two attached hydrogens (primary N) is 1. The van der Waals surface area contributed by atoms with Crippen LogP contribution in [-0.4, -0.2) is 40.4 Å². The Kier molecular flexibility index (Phi) is 5.36. The number of aryl methyl sites for hydroxylation is 1. The molecule has 0 saturated heterocycles. The molecule has 0 aliphatic heterocycles. The Morgan fingerprint density at radius 2 is 2.11 bits per heavy atom. The molecule has 0 bridgehead atoms. The molecule has 0 aliphatic carbocycles. The number of pyridine rings is 1. The molecule has 10 nitrogen and oxygen atoms in total. The molecule has 27 heavy (non-hydrogen) atoms. The predicted molar refractivity (Wildman–Crippen MR) is 103 cm³/mol. The van der Waals surface area contributed by atoms with E-state index in [1.165, 1.54) is 13.3 Å². The van der Waals surface area contributed by atoms with E-state index in [0.29, 0.717) is 34.8 Å². The number of methoxy groups -OCH3 is 1. The second-order valence-corrected chi connectivity index (χ2v) is 5.50. The molecule has 10 heteroatoms. The number of hydrogen-bond acceptors (Lipinski definition) is 9. The number of nitrogens with zero attached hydrogens (tertiary/aromatic N) is 6. The zero-order valence-electron chi connectivity index (χ0n) is 15.2. The first-order valence-electron chi connectivity index (χ1n) is 8.08. The molecule has 3 heterocycles. The number of nitrogens with one attached hydrogen (secondary N) is 2. The molecule has 0 amide bonds. The van der Waals surface area contributed by atoms with Crippen LogP contribution < -0.4 is 25.7 Å². The van der Waals surface area contributed by atoms with Crippen molar-refractivity contribution in [2.24, 2.45) is 4.99 Å². The van der Waals surface area contributed by atoms with Gasteiger partial charge in [-0.1, -0.05) is 0 Å². The van der Waals surface area contributed by atoms with Crippen molar-refractivity contribution in [2.45, 2.75) is 6.92 Å². The van der Waals surface area contributed by atoms with E-state index in [2.05, 4.69) is 35.6 Å². The van der Waals surface area contributed by atoms with Gasteiger partial charge in [-0.15, -0.1) is 4.99 Å². The highest BCUT2D eigenvalue weighted by Gasteiger charge is 2.10. The molecule has 0 unspecified atom stereocenters. The molecule has 0 fully saturated rings. The van der Waals surface area contributed by atoms with Gasteiger partial charge in [-0.2, -0.15) is 4.98 Å². The van der Waals surface area contributed by atoms with Crippen LogP contribution in [0.1, 0.15) is 5.69 Å². The van der Waals surface area contributed by atoms with E-state index < -0.39 is 0 Å². The lowest BCUT2D eigenvalue weighted by Gasteiger charge is -2.08. The van der Waals surface area contributed by atoms with E-state index in [0.717, 1.165) is 5.69 Å². The summed E-state index contributed by atoms with van der Waals surface area (Å²) in [7, 11) is 3.33. The van der Waals surface area contributed by atoms with Gasteiger partial charge < -0.3 is 21.1 Å². The number of anilines is 4. The molecule has 3 aromatic heterocycles. The first-order chi connectivity index (χ1) is 13.1. The lowest BCUT2D eigenvalue weighted by Crippen LogP contribution is -2.36. The summed E-state index contributed by atoms with van der Waals surface area (Å²) < 4.78 is 6.91. The minimum Gasteiger partial charge on any atom is -0.478 e. The summed E-state index contributed by atoms with van der Waals surface area (Å²) >= 11 is 0. The highest BCUT2D eigenvalue weighted by atomic mass is 16.5. The molecule has 0 radical (unpaired) electrons. The molecule has 3 aromatic rings. The Bertz CT molecular complexity index is 974. The average molecular weight is 366 g/mol. The largest absolute Gasteiger partial charge is 0.478 e. The van der Waals surface area contributed by atoms with Gasteiger partial charge in [0.15, 0.2) is 0 Å². The second kappa shape index (κ2) is 8.04. The monoisotopic (exact) mass is 366 g/mol. The maximum atomic E-state index is 5.86. The topological polar surface area (TPSA) is 127 Å². The quantitative estimate of drug-likeness (QED) is 0.340. The van der Waals surface area contributed by atoms with Crippen molar-refractivity contribution in [2.75, 3.05) is 30.5 Å². The number of aliphatic imine (C=N–C) groups is 1. The second-order valence-electron chi connectivity index (χ2n) is 5.50. The fraction of sp³-hybridized carbons (Fsp3) is 0.176. The van der Waals surface area contributed by atoms with Crippen LogP contribution in [0.5, 0.6) is 5.88 Å². The van der Waals surface area contributed by atoms with Crippen molar-refractivity contribution in [1.29, 1.82) is 0 Å². The van der Waals surface area contributed by atoms with Crippen molar-refractivity contribution < 1.29 is 9.30 Å². The van der Waals surface area contributed by atoms with Crippen LogP contribution in [0.4, 0.5) is 29.0 Å². The molecular formula is C17H20N9O+. The lowest BCUT2D eigenvalue weighted by molar-refractivity contribution is -0.530. The van der Waals surface area contributed by atoms with Crippen LogP contribution in [0.25, 0.3) is 0 Å². The third-order valence-corrected chi connectivity index (χ3v) is 3.53. The first kappa shape index (κ1) is 18.0. The van der Waals surface area contributed by atoms with Crippen LogP contribution in [0, 0.1) is 6.92 Å². The number of nitrogen functional groups attached to an aromatic ring is 1. The fourth-order valence-electron chi connectivity index (χ4n) is 2.25. The van der Waals surface area contributed by atoms with Gasteiger partial charge in [-0.3, -0.25) is 4.98 Å². The maximum Gasteiger partial charge on any atom is 0.257 e. The zero-order chi connectivity index (χ0) is 19.2. The summed E-state index contributed by atoms with van der Waals surface area (Å²) in [6.45, 7) is 1.89. The summed E-state index contributed by atoms with van der Waals surface area (Å²) in [5.74, 6) is 2.00. The lowest BCUT2D eigenvalue weighted by atomic mass is 10.3. The van der Waals surface area contributed by atoms with Gasteiger partial charge in [0.25, 0.3) is 5.88 Å². The third-order valence-electron chi connectivity index (χ3n) is 3.53. The molecule has 0 atom stereocenters. The van der Waals surface area contributed by atoms with Crippen LogP contribution in [0.15, 0.2) is 41.9 Å². The first-order valence-corrected chi connectivity index (χ1v) is 8.08. The average Bonchev–Trinajstić information content (AvgIpc) is 2.67. The molecule has 0 saturated carbocycles. The van der Waals surface area contributed by atoms with E-state index in [4.69, 9.17) is 10.5 Å². The maximum absolute atomic E-state index is 5.86. The van der Waals surface area contributed by atoms with Crippen LogP contribution in [-0.2, 0) is 0 Å². The molecule has 0 spiro atoms. The predicted octanol–water partition coefficient (Wildman–Crippen LogP) is 1.45. The number of ether oxygens (including phenoxy) is 1. The number of rotatable bonds is 6. The van der Waals surface area contributed by atoms with Crippen molar-refractivity contribution in [3.63, 3.8) is 0 Å². The third kappa shape index (κ3) is 4.42. The van der Waals surface area contributed by atoms with E-state index in [1.807, 2.05) is 13.0 Å². The molecule has 0 aromatic carbocycles. The summed E-state index contributed by atoms with van der Waals surface area (Å²) in [5.41, 5.74) is 7.88. The van der Waals surface area contributed by atoms with Gasteiger partial charge in [0.2, 0.25) is 23.8 Å². The molecule has 0 aliphatic rings. The molecule has 138 valence electrons. The Hall–Kier alpha value is -3.82. The van der Waals surface area contributed by atoms with E-state index >= 15 is 0 Å². The van der Waals surface area contributed by atoms with Crippen LogP contribution in [0.3, 0.4) is 0 Å². The zero-order valence-corrected chi connectivity index (χ0v) is 15.2. The van der Waals surface area contributed by atoms with Crippen molar-refractivity contribution in [3.8, 4) is 5.88 Å². The standard InChI is InChI=1S/C17H19N9O/c1-11-6-15(19-2)25-17(23-11)24-12-7-13(16(27-3)21-8-12)22-10-26-5-4-20-9-14(26)18/h4-10,18H,1-3H3,(H2,19,23,24,25)/p+1. The van der Waals surface area contributed by atoms with Crippen LogP contribution >= 0.6 is 0 Å². The molecule has 4 N–H and O–H groups in total. The van der Waals surface area contributed by atoms with Gasteiger partial charge in [0.05, 0.1) is 37.6 Å². The van der Waals surface area contributed by atoms with Gasteiger partial charge in [0.1, 0.15) is 5.82 Å². The molecule has 3 rings (SSSR count). The Balaban J connectivity index is 1.89. The number of aromatic nitrogens is 5.